The highest BCUT2D eigenvalue weighted by molar-refractivity contribution is 5.43. The first-order chi connectivity index (χ1) is 13.2. The summed E-state index contributed by atoms with van der Waals surface area (Å²) in [5.74, 6) is 1.98. The second-order valence-corrected chi connectivity index (χ2v) is 7.34. The molecule has 0 amide bonds. The summed E-state index contributed by atoms with van der Waals surface area (Å²) in [5, 5.41) is 4.88. The monoisotopic (exact) mass is 366 g/mol. The molecule has 1 aliphatic heterocycles. The van der Waals surface area contributed by atoms with Gasteiger partial charge in [0.1, 0.15) is 11.6 Å². The van der Waals surface area contributed by atoms with Gasteiger partial charge >= 0.3 is 0 Å². The Morgan fingerprint density at radius 2 is 1.93 bits per heavy atom. The first kappa shape index (κ1) is 17.9. The van der Waals surface area contributed by atoms with Crippen molar-refractivity contribution in [1.82, 2.24) is 19.2 Å². The Balaban J connectivity index is 1.80. The minimum absolute atomic E-state index is 0.000212. The highest BCUT2D eigenvalue weighted by Crippen LogP contribution is 2.25. The van der Waals surface area contributed by atoms with Crippen LogP contribution in [0.15, 0.2) is 35.3 Å². The summed E-state index contributed by atoms with van der Waals surface area (Å²) in [6.45, 7) is 6.30. The summed E-state index contributed by atoms with van der Waals surface area (Å²) < 4.78 is 9.07. The number of hydrogen-bond donors (Lipinski definition) is 0. The largest absolute Gasteiger partial charge is 0.381 e. The topological polar surface area (TPSA) is 61.4 Å². The Kier molecular flexibility index (Phi) is 5.07. The molecular weight excluding hydrogens is 340 g/mol. The summed E-state index contributed by atoms with van der Waals surface area (Å²) in [7, 11) is 0. The van der Waals surface area contributed by atoms with E-state index in [9.17, 15) is 4.79 Å². The van der Waals surface area contributed by atoms with Crippen LogP contribution in [0.4, 0.5) is 0 Å². The van der Waals surface area contributed by atoms with Crippen molar-refractivity contribution in [3.8, 4) is 0 Å². The maximum atomic E-state index is 13.1. The molecule has 6 heteroatoms. The number of hydrogen-bond acceptors (Lipinski definition) is 4. The van der Waals surface area contributed by atoms with Crippen LogP contribution in [0.3, 0.4) is 0 Å². The van der Waals surface area contributed by atoms with Gasteiger partial charge < -0.3 is 4.74 Å². The molecule has 3 aromatic rings. The maximum Gasteiger partial charge on any atom is 0.279 e. The smallest absolute Gasteiger partial charge is 0.279 e. The van der Waals surface area contributed by atoms with Gasteiger partial charge in [0.05, 0.1) is 6.20 Å². The molecule has 1 aromatic carbocycles. The highest BCUT2D eigenvalue weighted by Gasteiger charge is 2.23. The van der Waals surface area contributed by atoms with E-state index in [1.54, 1.807) is 10.7 Å². The number of benzene rings is 1. The summed E-state index contributed by atoms with van der Waals surface area (Å²) in [6, 6.07) is 8.41. The summed E-state index contributed by atoms with van der Waals surface area (Å²) in [6.07, 6.45) is 5.05. The molecule has 4 rings (SSSR count). The van der Waals surface area contributed by atoms with E-state index < -0.39 is 0 Å². The Bertz CT molecular complexity index is 982. The predicted molar refractivity (Wildman–Crippen MR) is 104 cm³/mol. The van der Waals surface area contributed by atoms with Crippen molar-refractivity contribution in [3.63, 3.8) is 0 Å². The molecule has 0 aliphatic carbocycles. The number of fused-ring (bicyclic) bond motifs is 1. The molecule has 0 bridgehead atoms. The van der Waals surface area contributed by atoms with E-state index in [-0.39, 0.29) is 5.56 Å². The number of imidazole rings is 1. The van der Waals surface area contributed by atoms with E-state index >= 15 is 0 Å². The van der Waals surface area contributed by atoms with Crippen LogP contribution in [0.25, 0.3) is 5.52 Å². The van der Waals surface area contributed by atoms with Crippen molar-refractivity contribution in [2.75, 3.05) is 13.2 Å². The maximum absolute atomic E-state index is 13.1. The molecule has 1 fully saturated rings. The Hall–Kier alpha value is -2.47. The first-order valence-electron chi connectivity index (χ1n) is 9.78. The molecular formula is C21H26N4O2. The predicted octanol–water partition coefficient (Wildman–Crippen LogP) is 3.09. The fourth-order valence-electron chi connectivity index (χ4n) is 3.74. The van der Waals surface area contributed by atoms with Gasteiger partial charge in [-0.2, -0.15) is 5.10 Å². The van der Waals surface area contributed by atoms with Gasteiger partial charge in [-0.1, -0.05) is 36.8 Å². The van der Waals surface area contributed by atoms with Crippen LogP contribution in [0.1, 0.15) is 54.9 Å². The van der Waals surface area contributed by atoms with E-state index in [0.29, 0.717) is 24.4 Å². The minimum Gasteiger partial charge on any atom is -0.381 e. The van der Waals surface area contributed by atoms with Crippen LogP contribution < -0.4 is 5.56 Å². The van der Waals surface area contributed by atoms with Gasteiger partial charge in [0.25, 0.3) is 5.56 Å². The first-order valence-corrected chi connectivity index (χ1v) is 9.78. The third kappa shape index (κ3) is 3.54. The zero-order chi connectivity index (χ0) is 18.8. The zero-order valence-electron chi connectivity index (χ0n) is 16.0. The van der Waals surface area contributed by atoms with Crippen molar-refractivity contribution in [2.45, 2.75) is 52.0 Å². The lowest BCUT2D eigenvalue weighted by Crippen LogP contribution is -2.29. The standard InChI is InChI=1S/C21H26N4O2/c1-3-10-24-19(13-16-6-4-15(2)5-7-16)23-25-18(21(24)26)14-22-20(25)17-8-11-27-12-9-17/h4-7,14,17H,3,8-13H2,1-2H3. The number of rotatable bonds is 5. The summed E-state index contributed by atoms with van der Waals surface area (Å²) >= 11 is 0. The Labute approximate surface area is 158 Å². The van der Waals surface area contributed by atoms with E-state index in [2.05, 4.69) is 43.1 Å². The van der Waals surface area contributed by atoms with Gasteiger partial charge in [0.15, 0.2) is 5.52 Å². The molecule has 0 saturated carbocycles. The molecule has 0 atom stereocenters. The fourth-order valence-corrected chi connectivity index (χ4v) is 3.74. The SMILES string of the molecule is CCCn1c(Cc2ccc(C)cc2)nn2c(C3CCOCC3)ncc2c1=O. The molecule has 0 radical (unpaired) electrons. The van der Waals surface area contributed by atoms with E-state index in [1.807, 2.05) is 4.57 Å². The molecule has 6 nitrogen and oxygen atoms in total. The van der Waals surface area contributed by atoms with Crippen molar-refractivity contribution in [3.05, 3.63) is 63.6 Å². The quantitative estimate of drug-likeness (QED) is 0.696. The van der Waals surface area contributed by atoms with Gasteiger partial charge in [-0.3, -0.25) is 9.36 Å². The second kappa shape index (κ2) is 7.64. The molecule has 3 heterocycles. The van der Waals surface area contributed by atoms with Crippen LogP contribution >= 0.6 is 0 Å². The normalized spacial score (nSPS) is 15.5. The average molecular weight is 366 g/mol. The van der Waals surface area contributed by atoms with E-state index in [1.165, 1.54) is 5.56 Å². The lowest BCUT2D eigenvalue weighted by molar-refractivity contribution is 0.0832. The van der Waals surface area contributed by atoms with Crippen LogP contribution in [0, 0.1) is 6.92 Å². The van der Waals surface area contributed by atoms with Gasteiger partial charge in [-0.05, 0) is 31.7 Å². The van der Waals surface area contributed by atoms with Crippen LogP contribution in [-0.2, 0) is 17.7 Å². The third-order valence-electron chi connectivity index (χ3n) is 5.27. The molecule has 0 unspecified atom stereocenters. The summed E-state index contributed by atoms with van der Waals surface area (Å²) in [4.78, 5) is 17.7. The Morgan fingerprint density at radius 1 is 1.19 bits per heavy atom. The second-order valence-electron chi connectivity index (χ2n) is 7.34. The van der Waals surface area contributed by atoms with Gasteiger partial charge in [0, 0.05) is 32.1 Å². The van der Waals surface area contributed by atoms with Crippen LogP contribution in [0.2, 0.25) is 0 Å². The van der Waals surface area contributed by atoms with Gasteiger partial charge in [-0.25, -0.2) is 9.50 Å². The molecule has 0 N–H and O–H groups in total. The van der Waals surface area contributed by atoms with Crippen molar-refractivity contribution >= 4 is 5.52 Å². The highest BCUT2D eigenvalue weighted by atomic mass is 16.5. The zero-order valence-corrected chi connectivity index (χ0v) is 16.0. The van der Waals surface area contributed by atoms with Crippen molar-refractivity contribution in [2.24, 2.45) is 0 Å². The number of ether oxygens (including phenoxy) is 1. The lowest BCUT2D eigenvalue weighted by Gasteiger charge is -2.21. The van der Waals surface area contributed by atoms with Crippen molar-refractivity contribution < 1.29 is 4.74 Å². The molecule has 142 valence electrons. The number of aryl methyl sites for hydroxylation is 1. The molecule has 0 spiro atoms. The summed E-state index contributed by atoms with van der Waals surface area (Å²) in [5.41, 5.74) is 2.95. The molecule has 27 heavy (non-hydrogen) atoms. The van der Waals surface area contributed by atoms with Crippen molar-refractivity contribution in [1.29, 1.82) is 0 Å². The number of aromatic nitrogens is 4. The van der Waals surface area contributed by atoms with Crippen LogP contribution in [0.5, 0.6) is 0 Å². The minimum atomic E-state index is -0.000212. The van der Waals surface area contributed by atoms with Gasteiger partial charge in [-0.15, -0.1) is 0 Å². The Morgan fingerprint density at radius 3 is 2.63 bits per heavy atom. The third-order valence-corrected chi connectivity index (χ3v) is 5.27. The van der Waals surface area contributed by atoms with E-state index in [0.717, 1.165) is 49.7 Å². The lowest BCUT2D eigenvalue weighted by atomic mass is 10.00. The van der Waals surface area contributed by atoms with Crippen LogP contribution in [-0.4, -0.2) is 32.4 Å². The van der Waals surface area contributed by atoms with Gasteiger partial charge in [0.2, 0.25) is 0 Å². The van der Waals surface area contributed by atoms with E-state index in [4.69, 9.17) is 9.84 Å². The molecule has 2 aromatic heterocycles. The number of nitrogens with zero attached hydrogens (tertiary/aromatic N) is 4. The molecule has 1 aliphatic rings. The average Bonchev–Trinajstić information content (AvgIpc) is 3.11. The molecule has 1 saturated heterocycles. The fraction of sp³-hybridized carbons (Fsp3) is 0.476.